The highest BCUT2D eigenvalue weighted by atomic mass is 15.2. The zero-order valence-electron chi connectivity index (χ0n) is 11.6. The van der Waals surface area contributed by atoms with Gasteiger partial charge in [-0.1, -0.05) is 0 Å². The second-order valence-electron chi connectivity index (χ2n) is 4.78. The molecular formula is C16H12N6. The predicted octanol–water partition coefficient (Wildman–Crippen LogP) is 2.89. The van der Waals surface area contributed by atoms with Crippen LogP contribution in [0.5, 0.6) is 0 Å². The Bertz CT molecular complexity index is 910. The van der Waals surface area contributed by atoms with Crippen LogP contribution in [0.2, 0.25) is 0 Å². The Hall–Kier alpha value is -3.28. The minimum absolute atomic E-state index is 0.843. The van der Waals surface area contributed by atoms with E-state index in [0.717, 1.165) is 33.2 Å². The quantitative estimate of drug-likeness (QED) is 0.449. The van der Waals surface area contributed by atoms with E-state index in [9.17, 15) is 0 Å². The fraction of sp³-hybridized carbons (Fsp3) is 0. The van der Waals surface area contributed by atoms with E-state index in [4.69, 9.17) is 0 Å². The van der Waals surface area contributed by atoms with Crippen molar-refractivity contribution in [2.24, 2.45) is 10.2 Å². The van der Waals surface area contributed by atoms with Crippen molar-refractivity contribution in [3.05, 3.63) is 60.2 Å². The Balaban J connectivity index is 1.59. The topological polar surface area (TPSA) is 82.1 Å². The first-order valence-corrected chi connectivity index (χ1v) is 6.82. The van der Waals surface area contributed by atoms with Gasteiger partial charge in [-0.2, -0.15) is 10.2 Å². The molecule has 4 aromatic rings. The van der Waals surface area contributed by atoms with Gasteiger partial charge in [0.1, 0.15) is 11.3 Å². The SMILES string of the molecule is C(=N\N=C\c1c[nH]c2ncccc12)/c1c[nH]c2ncccc12. The standard InChI is InChI=1S/C16H12N6/c1-3-13-11(7-19-15(13)17-5-1)9-21-22-10-12-8-20-16-14(12)4-2-6-18-16/h1-10H,(H,17,19)(H,18,20)/b21-9+,22-10+. The molecule has 0 atom stereocenters. The summed E-state index contributed by atoms with van der Waals surface area (Å²) in [7, 11) is 0. The van der Waals surface area contributed by atoms with Gasteiger partial charge in [0.05, 0.1) is 12.4 Å². The van der Waals surface area contributed by atoms with Crippen molar-refractivity contribution < 1.29 is 0 Å². The third-order valence-corrected chi connectivity index (χ3v) is 3.43. The number of nitrogens with zero attached hydrogens (tertiary/aromatic N) is 4. The zero-order valence-corrected chi connectivity index (χ0v) is 11.6. The van der Waals surface area contributed by atoms with E-state index in [2.05, 4.69) is 30.1 Å². The molecule has 0 unspecified atom stereocenters. The number of aromatic nitrogens is 4. The summed E-state index contributed by atoms with van der Waals surface area (Å²) in [5.74, 6) is 0. The van der Waals surface area contributed by atoms with Crippen molar-refractivity contribution in [3.8, 4) is 0 Å². The smallest absolute Gasteiger partial charge is 0.137 e. The molecule has 0 amide bonds. The largest absolute Gasteiger partial charge is 0.345 e. The van der Waals surface area contributed by atoms with Gasteiger partial charge in [-0.15, -0.1) is 0 Å². The maximum absolute atomic E-state index is 4.24. The zero-order chi connectivity index (χ0) is 14.8. The Morgan fingerprint density at radius 2 is 1.27 bits per heavy atom. The fourth-order valence-electron chi connectivity index (χ4n) is 2.36. The first-order chi connectivity index (χ1) is 10.9. The summed E-state index contributed by atoms with van der Waals surface area (Å²) >= 11 is 0. The highest BCUT2D eigenvalue weighted by Gasteiger charge is 2.01. The number of H-pyrrole nitrogens is 2. The molecule has 0 saturated heterocycles. The molecule has 4 aromatic heterocycles. The second kappa shape index (κ2) is 5.25. The van der Waals surface area contributed by atoms with Crippen LogP contribution in [0.3, 0.4) is 0 Å². The summed E-state index contributed by atoms with van der Waals surface area (Å²) in [6, 6.07) is 7.79. The molecule has 6 heteroatoms. The lowest BCUT2D eigenvalue weighted by atomic mass is 10.2. The number of rotatable bonds is 3. The average molecular weight is 288 g/mol. The van der Waals surface area contributed by atoms with Gasteiger partial charge in [-0.3, -0.25) is 0 Å². The monoisotopic (exact) mass is 288 g/mol. The molecule has 0 aliphatic carbocycles. The molecule has 2 N–H and O–H groups in total. The van der Waals surface area contributed by atoms with E-state index < -0.39 is 0 Å². The summed E-state index contributed by atoms with van der Waals surface area (Å²) in [5.41, 5.74) is 3.60. The summed E-state index contributed by atoms with van der Waals surface area (Å²) in [6.07, 6.45) is 10.7. The van der Waals surface area contributed by atoms with Gasteiger partial charge < -0.3 is 9.97 Å². The van der Waals surface area contributed by atoms with Gasteiger partial charge in [0.2, 0.25) is 0 Å². The van der Waals surface area contributed by atoms with Crippen LogP contribution in [0.15, 0.2) is 59.3 Å². The molecule has 0 aliphatic rings. The summed E-state index contributed by atoms with van der Waals surface area (Å²) < 4.78 is 0. The lowest BCUT2D eigenvalue weighted by molar-refractivity contribution is 1.27. The molecule has 4 rings (SSSR count). The normalized spacial score (nSPS) is 12.2. The van der Waals surface area contributed by atoms with Crippen molar-refractivity contribution in [2.45, 2.75) is 0 Å². The molecule has 0 aromatic carbocycles. The fourth-order valence-corrected chi connectivity index (χ4v) is 2.36. The number of nitrogens with one attached hydrogen (secondary N) is 2. The Kier molecular flexibility index (Phi) is 2.97. The lowest BCUT2D eigenvalue weighted by Gasteiger charge is -1.89. The minimum Gasteiger partial charge on any atom is -0.345 e. The molecule has 4 heterocycles. The van der Waals surface area contributed by atoms with Gasteiger partial charge in [0, 0.05) is 46.7 Å². The predicted molar refractivity (Wildman–Crippen MR) is 87.4 cm³/mol. The molecule has 106 valence electrons. The van der Waals surface area contributed by atoms with Crippen LogP contribution in [0, 0.1) is 0 Å². The second-order valence-corrected chi connectivity index (χ2v) is 4.78. The van der Waals surface area contributed by atoms with E-state index in [1.165, 1.54) is 0 Å². The molecular weight excluding hydrogens is 276 g/mol. The number of hydrogen-bond donors (Lipinski definition) is 2. The van der Waals surface area contributed by atoms with Gasteiger partial charge >= 0.3 is 0 Å². The van der Waals surface area contributed by atoms with E-state index >= 15 is 0 Å². The molecule has 0 bridgehead atoms. The number of hydrogen-bond acceptors (Lipinski definition) is 4. The van der Waals surface area contributed by atoms with Crippen LogP contribution in [0.25, 0.3) is 22.1 Å². The van der Waals surface area contributed by atoms with Crippen molar-refractivity contribution >= 4 is 34.5 Å². The van der Waals surface area contributed by atoms with Crippen molar-refractivity contribution in [2.75, 3.05) is 0 Å². The molecule has 0 saturated carbocycles. The molecule has 0 aliphatic heterocycles. The van der Waals surface area contributed by atoms with Crippen LogP contribution in [0.4, 0.5) is 0 Å². The van der Waals surface area contributed by atoms with Gasteiger partial charge in [-0.25, -0.2) is 9.97 Å². The van der Waals surface area contributed by atoms with Crippen molar-refractivity contribution in [3.63, 3.8) is 0 Å². The summed E-state index contributed by atoms with van der Waals surface area (Å²) in [6.45, 7) is 0. The van der Waals surface area contributed by atoms with Crippen LogP contribution >= 0.6 is 0 Å². The van der Waals surface area contributed by atoms with Gasteiger partial charge in [0.15, 0.2) is 0 Å². The van der Waals surface area contributed by atoms with E-state index in [1.807, 2.05) is 36.7 Å². The molecule has 0 fully saturated rings. The summed E-state index contributed by atoms with van der Waals surface area (Å²) in [5, 5.41) is 10.3. The van der Waals surface area contributed by atoms with Gasteiger partial charge in [-0.05, 0) is 24.3 Å². The van der Waals surface area contributed by atoms with Crippen LogP contribution in [-0.4, -0.2) is 32.4 Å². The first kappa shape index (κ1) is 12.5. The molecule has 0 radical (unpaired) electrons. The van der Waals surface area contributed by atoms with Crippen LogP contribution in [-0.2, 0) is 0 Å². The van der Waals surface area contributed by atoms with Crippen molar-refractivity contribution in [1.29, 1.82) is 0 Å². The van der Waals surface area contributed by atoms with E-state index in [0.29, 0.717) is 0 Å². The number of fused-ring (bicyclic) bond motifs is 2. The Labute approximate surface area is 125 Å². The third-order valence-electron chi connectivity index (χ3n) is 3.43. The molecule has 22 heavy (non-hydrogen) atoms. The Morgan fingerprint density at radius 1 is 0.773 bits per heavy atom. The number of pyridine rings is 2. The summed E-state index contributed by atoms with van der Waals surface area (Å²) in [4.78, 5) is 14.7. The van der Waals surface area contributed by atoms with Crippen LogP contribution < -0.4 is 0 Å². The maximum Gasteiger partial charge on any atom is 0.137 e. The minimum atomic E-state index is 0.843. The lowest BCUT2D eigenvalue weighted by Crippen LogP contribution is -1.80. The average Bonchev–Trinajstić information content (AvgIpc) is 3.16. The van der Waals surface area contributed by atoms with Crippen LogP contribution in [0.1, 0.15) is 11.1 Å². The Morgan fingerprint density at radius 3 is 1.77 bits per heavy atom. The van der Waals surface area contributed by atoms with E-state index in [-0.39, 0.29) is 0 Å². The maximum atomic E-state index is 4.24. The van der Waals surface area contributed by atoms with Gasteiger partial charge in [0.25, 0.3) is 0 Å². The number of aromatic amines is 2. The highest BCUT2D eigenvalue weighted by molar-refractivity contribution is 5.99. The first-order valence-electron chi connectivity index (χ1n) is 6.82. The molecule has 0 spiro atoms. The van der Waals surface area contributed by atoms with E-state index in [1.54, 1.807) is 24.8 Å². The third kappa shape index (κ3) is 2.16. The highest BCUT2D eigenvalue weighted by Crippen LogP contribution is 2.14. The van der Waals surface area contributed by atoms with Crippen molar-refractivity contribution in [1.82, 2.24) is 19.9 Å². The molecule has 6 nitrogen and oxygen atoms in total.